The highest BCUT2D eigenvalue weighted by molar-refractivity contribution is 5.41. The molecule has 1 heterocycles. The molecule has 1 aromatic rings. The maximum atomic E-state index is 5.96. The van der Waals surface area contributed by atoms with Crippen molar-refractivity contribution < 1.29 is 0 Å². The highest BCUT2D eigenvalue weighted by Gasteiger charge is 2.24. The first-order valence-corrected chi connectivity index (χ1v) is 4.77. The molecule has 0 aliphatic rings. The summed E-state index contributed by atoms with van der Waals surface area (Å²) >= 11 is 0. The Morgan fingerprint density at radius 2 is 2.29 bits per heavy atom. The van der Waals surface area contributed by atoms with Gasteiger partial charge in [0.05, 0.1) is 18.6 Å². The largest absolute Gasteiger partial charge is 0.384 e. The summed E-state index contributed by atoms with van der Waals surface area (Å²) in [5, 5.41) is 0. The molecule has 0 unspecified atom stereocenters. The Hall–Kier alpha value is -1.43. The number of rotatable bonds is 3. The van der Waals surface area contributed by atoms with E-state index < -0.39 is 0 Å². The van der Waals surface area contributed by atoms with Crippen molar-refractivity contribution in [3.63, 3.8) is 0 Å². The van der Waals surface area contributed by atoms with Crippen LogP contribution in [0.25, 0.3) is 0 Å². The van der Waals surface area contributed by atoms with Crippen molar-refractivity contribution >= 4 is 5.82 Å². The van der Waals surface area contributed by atoms with Crippen LogP contribution in [0.1, 0.15) is 32.9 Å². The van der Waals surface area contributed by atoms with E-state index in [-0.39, 0.29) is 5.41 Å². The van der Waals surface area contributed by atoms with E-state index in [2.05, 4.69) is 31.7 Å². The van der Waals surface area contributed by atoms with Gasteiger partial charge in [0.15, 0.2) is 0 Å². The maximum absolute atomic E-state index is 5.96. The molecule has 0 saturated carbocycles. The summed E-state index contributed by atoms with van der Waals surface area (Å²) in [5.41, 5.74) is 6.91. The van der Waals surface area contributed by atoms with Gasteiger partial charge in [-0.05, 0) is 6.42 Å². The van der Waals surface area contributed by atoms with E-state index in [0.717, 1.165) is 12.1 Å². The first-order chi connectivity index (χ1) is 6.53. The van der Waals surface area contributed by atoms with Gasteiger partial charge in [-0.3, -0.25) is 0 Å². The third-order valence-electron chi connectivity index (χ3n) is 2.66. The summed E-state index contributed by atoms with van der Waals surface area (Å²) in [7, 11) is 0. The van der Waals surface area contributed by atoms with Crippen LogP contribution in [0.2, 0.25) is 0 Å². The van der Waals surface area contributed by atoms with Crippen molar-refractivity contribution in [2.75, 3.05) is 5.73 Å². The van der Waals surface area contributed by atoms with Crippen molar-refractivity contribution in [3.05, 3.63) is 12.0 Å². The van der Waals surface area contributed by atoms with Crippen molar-refractivity contribution in [1.29, 1.82) is 0 Å². The Labute approximate surface area is 85.3 Å². The molecule has 0 fully saturated rings. The van der Waals surface area contributed by atoms with Crippen molar-refractivity contribution in [2.45, 2.75) is 39.2 Å². The lowest BCUT2D eigenvalue weighted by Gasteiger charge is -2.20. The normalized spacial score (nSPS) is 11.3. The smallest absolute Gasteiger partial charge is 0.128 e. The molecular weight excluding hydrogens is 174 g/mol. The minimum atomic E-state index is 0.0178. The molecule has 0 atom stereocenters. The van der Waals surface area contributed by atoms with Gasteiger partial charge in [0.1, 0.15) is 5.82 Å². The maximum Gasteiger partial charge on any atom is 0.128 e. The average Bonchev–Trinajstić information content (AvgIpc) is 2.50. The van der Waals surface area contributed by atoms with E-state index in [1.807, 2.05) is 0 Å². The molecule has 76 valence electrons. The topological polar surface area (TPSA) is 43.8 Å². The van der Waals surface area contributed by atoms with Crippen molar-refractivity contribution in [2.24, 2.45) is 0 Å². The lowest BCUT2D eigenvalue weighted by Crippen LogP contribution is -2.18. The Balaban J connectivity index is 3.08. The minimum Gasteiger partial charge on any atom is -0.384 e. The second-order valence-electron chi connectivity index (χ2n) is 4.05. The first kappa shape index (κ1) is 10.6. The molecule has 0 bridgehead atoms. The van der Waals surface area contributed by atoms with Gasteiger partial charge in [0, 0.05) is 5.41 Å². The molecule has 14 heavy (non-hydrogen) atoms. The summed E-state index contributed by atoms with van der Waals surface area (Å²) in [6.07, 6.45) is 7.94. The summed E-state index contributed by atoms with van der Waals surface area (Å²) < 4.78 is 1.80. The number of aromatic nitrogens is 2. The van der Waals surface area contributed by atoms with Crippen LogP contribution in [0, 0.1) is 12.3 Å². The van der Waals surface area contributed by atoms with Crippen LogP contribution in [-0.2, 0) is 12.0 Å². The van der Waals surface area contributed by atoms with Crippen LogP contribution in [0.5, 0.6) is 0 Å². The highest BCUT2D eigenvalue weighted by atomic mass is 15.1. The third-order valence-corrected chi connectivity index (χ3v) is 2.66. The Morgan fingerprint density at radius 3 is 2.79 bits per heavy atom. The number of nitrogens with two attached hydrogens (primary N) is 1. The molecule has 0 aromatic carbocycles. The van der Waals surface area contributed by atoms with Crippen LogP contribution in [-0.4, -0.2) is 9.55 Å². The number of nitrogen functional groups attached to an aromatic ring is 1. The Morgan fingerprint density at radius 1 is 1.64 bits per heavy atom. The molecule has 0 spiro atoms. The molecule has 0 radical (unpaired) electrons. The van der Waals surface area contributed by atoms with E-state index in [4.69, 9.17) is 12.2 Å². The second kappa shape index (κ2) is 3.75. The SMILES string of the molecule is C#CCn1cnc(C(C)(C)CC)c1N. The van der Waals surface area contributed by atoms with Gasteiger partial charge in [-0.25, -0.2) is 4.98 Å². The van der Waals surface area contributed by atoms with Crippen LogP contribution >= 0.6 is 0 Å². The molecular formula is C11H17N3. The lowest BCUT2D eigenvalue weighted by atomic mass is 9.86. The fourth-order valence-electron chi connectivity index (χ4n) is 1.31. The molecule has 0 saturated heterocycles. The zero-order chi connectivity index (χ0) is 10.8. The van der Waals surface area contributed by atoms with Crippen molar-refractivity contribution in [3.8, 4) is 12.3 Å². The monoisotopic (exact) mass is 191 g/mol. The van der Waals surface area contributed by atoms with Crippen molar-refractivity contribution in [1.82, 2.24) is 9.55 Å². The van der Waals surface area contributed by atoms with Crippen LogP contribution in [0.4, 0.5) is 5.82 Å². The molecule has 1 aromatic heterocycles. The minimum absolute atomic E-state index is 0.0178. The molecule has 1 rings (SSSR count). The number of imidazole rings is 1. The van der Waals surface area contributed by atoms with Crippen LogP contribution in [0.3, 0.4) is 0 Å². The average molecular weight is 191 g/mol. The summed E-state index contributed by atoms with van der Waals surface area (Å²) in [6.45, 7) is 6.87. The van der Waals surface area contributed by atoms with Gasteiger partial charge in [-0.1, -0.05) is 26.7 Å². The van der Waals surface area contributed by atoms with E-state index >= 15 is 0 Å². The van der Waals surface area contributed by atoms with Crippen LogP contribution < -0.4 is 5.73 Å². The Kier molecular flexibility index (Phi) is 2.85. The van der Waals surface area contributed by atoms with Gasteiger partial charge in [0.25, 0.3) is 0 Å². The standard InChI is InChI=1S/C11H17N3/c1-5-7-14-8-13-9(10(14)12)11(3,4)6-2/h1,8H,6-7,12H2,2-4H3. The highest BCUT2D eigenvalue weighted by Crippen LogP contribution is 2.29. The van der Waals surface area contributed by atoms with Gasteiger partial charge in [-0.15, -0.1) is 6.42 Å². The molecule has 3 nitrogen and oxygen atoms in total. The van der Waals surface area contributed by atoms with Gasteiger partial charge in [-0.2, -0.15) is 0 Å². The molecule has 2 N–H and O–H groups in total. The third kappa shape index (κ3) is 1.74. The van der Waals surface area contributed by atoms with Crippen LogP contribution in [0.15, 0.2) is 6.33 Å². The number of terminal acetylenes is 1. The number of anilines is 1. The van der Waals surface area contributed by atoms with Gasteiger partial charge >= 0.3 is 0 Å². The lowest BCUT2D eigenvalue weighted by molar-refractivity contribution is 0.494. The summed E-state index contributed by atoms with van der Waals surface area (Å²) in [5.74, 6) is 3.24. The zero-order valence-corrected chi connectivity index (χ0v) is 9.04. The van der Waals surface area contributed by atoms with E-state index in [1.54, 1.807) is 10.9 Å². The van der Waals surface area contributed by atoms with E-state index in [1.165, 1.54) is 0 Å². The predicted octanol–water partition coefficient (Wildman–Crippen LogP) is 1.79. The Bertz CT molecular complexity index is 355. The zero-order valence-electron chi connectivity index (χ0n) is 9.04. The number of hydrogen-bond donors (Lipinski definition) is 1. The van der Waals surface area contributed by atoms with Gasteiger partial charge in [0.2, 0.25) is 0 Å². The molecule has 3 heteroatoms. The fourth-order valence-corrected chi connectivity index (χ4v) is 1.31. The summed E-state index contributed by atoms with van der Waals surface area (Å²) in [6, 6.07) is 0. The van der Waals surface area contributed by atoms with E-state index in [9.17, 15) is 0 Å². The quantitative estimate of drug-likeness (QED) is 0.740. The van der Waals surface area contributed by atoms with E-state index in [0.29, 0.717) is 12.4 Å². The first-order valence-electron chi connectivity index (χ1n) is 4.77. The molecule has 0 aliphatic carbocycles. The number of hydrogen-bond acceptors (Lipinski definition) is 2. The fraction of sp³-hybridized carbons (Fsp3) is 0.545. The molecule has 0 aliphatic heterocycles. The second-order valence-corrected chi connectivity index (χ2v) is 4.05. The number of nitrogens with zero attached hydrogens (tertiary/aromatic N) is 2. The van der Waals surface area contributed by atoms with Gasteiger partial charge < -0.3 is 10.3 Å². The molecule has 0 amide bonds. The predicted molar refractivity (Wildman–Crippen MR) is 58.8 cm³/mol. The summed E-state index contributed by atoms with van der Waals surface area (Å²) in [4.78, 5) is 4.32.